The van der Waals surface area contributed by atoms with E-state index in [0.717, 1.165) is 26.5 Å². The van der Waals surface area contributed by atoms with Gasteiger partial charge in [-0.25, -0.2) is 9.97 Å². The Balaban J connectivity index is 2.06. The van der Waals surface area contributed by atoms with E-state index < -0.39 is 0 Å². The predicted octanol–water partition coefficient (Wildman–Crippen LogP) is 2.67. The van der Waals surface area contributed by atoms with Crippen molar-refractivity contribution in [3.63, 3.8) is 0 Å². The van der Waals surface area contributed by atoms with Crippen molar-refractivity contribution < 1.29 is 5.11 Å². The highest BCUT2D eigenvalue weighted by Crippen LogP contribution is 2.29. The third-order valence-electron chi connectivity index (χ3n) is 2.67. The Morgan fingerprint density at radius 1 is 1.16 bits per heavy atom. The summed E-state index contributed by atoms with van der Waals surface area (Å²) in [6.45, 7) is -0.0412. The van der Waals surface area contributed by atoms with Crippen molar-refractivity contribution in [3.8, 4) is 0 Å². The molecule has 3 rings (SSSR count). The van der Waals surface area contributed by atoms with Gasteiger partial charge < -0.3 is 5.11 Å². The van der Waals surface area contributed by atoms with Gasteiger partial charge in [0, 0.05) is 23.3 Å². The fraction of sp³-hybridized carbons (Fsp3) is 0.0714. The second-order valence-corrected chi connectivity index (χ2v) is 4.96. The van der Waals surface area contributed by atoms with Crippen LogP contribution in [-0.2, 0) is 6.61 Å². The molecule has 0 saturated carbocycles. The summed E-state index contributed by atoms with van der Waals surface area (Å²) in [5, 5.41) is 12.0. The largest absolute Gasteiger partial charge is 0.392 e. The molecule has 0 saturated heterocycles. The smallest absolute Gasteiger partial charge is 0.121 e. The maximum atomic E-state index is 9.47. The summed E-state index contributed by atoms with van der Waals surface area (Å²) in [6, 6.07) is 9.81. The minimum Gasteiger partial charge on any atom is -0.392 e. The predicted molar refractivity (Wildman–Crippen MR) is 73.8 cm³/mol. The molecule has 1 aromatic carbocycles. The number of aliphatic hydroxyl groups excluding tert-OH is 1. The minimum absolute atomic E-state index is 0.0412. The van der Waals surface area contributed by atoms with Crippen LogP contribution in [0.5, 0.6) is 0 Å². The molecular weight excluding hydrogens is 258 g/mol. The van der Waals surface area contributed by atoms with Crippen LogP contribution < -0.4 is 0 Å². The molecule has 5 heteroatoms. The highest BCUT2D eigenvalue weighted by atomic mass is 32.2. The van der Waals surface area contributed by atoms with Crippen LogP contribution in [0.1, 0.15) is 5.56 Å². The number of aromatic nitrogens is 3. The van der Waals surface area contributed by atoms with Crippen molar-refractivity contribution in [2.24, 2.45) is 0 Å². The lowest BCUT2D eigenvalue weighted by Gasteiger charge is -2.07. The van der Waals surface area contributed by atoms with E-state index in [9.17, 15) is 5.11 Å². The maximum Gasteiger partial charge on any atom is 0.121 e. The molecule has 0 spiro atoms. The van der Waals surface area contributed by atoms with Crippen molar-refractivity contribution in [2.75, 3.05) is 0 Å². The Morgan fingerprint density at radius 2 is 2.05 bits per heavy atom. The number of rotatable bonds is 3. The molecular formula is C14H11N3OS. The SMILES string of the molecule is OCc1cc2ccccc2nc1Sc1cnccn1. The van der Waals surface area contributed by atoms with Gasteiger partial charge in [0.15, 0.2) is 0 Å². The quantitative estimate of drug-likeness (QED) is 0.792. The molecule has 2 aromatic heterocycles. The normalized spacial score (nSPS) is 10.8. The van der Waals surface area contributed by atoms with Gasteiger partial charge in [-0.1, -0.05) is 18.2 Å². The molecule has 0 unspecified atom stereocenters. The lowest BCUT2D eigenvalue weighted by molar-refractivity contribution is 0.278. The van der Waals surface area contributed by atoms with E-state index in [-0.39, 0.29) is 6.61 Å². The minimum atomic E-state index is -0.0412. The number of fused-ring (bicyclic) bond motifs is 1. The van der Waals surface area contributed by atoms with E-state index in [0.29, 0.717) is 0 Å². The fourth-order valence-electron chi connectivity index (χ4n) is 1.78. The molecule has 4 nitrogen and oxygen atoms in total. The average molecular weight is 269 g/mol. The Bertz CT molecular complexity index is 703. The fourth-order valence-corrected chi connectivity index (χ4v) is 2.60. The molecule has 0 bridgehead atoms. The Labute approximate surface area is 114 Å². The molecule has 19 heavy (non-hydrogen) atoms. The summed E-state index contributed by atoms with van der Waals surface area (Å²) in [5.41, 5.74) is 1.71. The van der Waals surface area contributed by atoms with Crippen LogP contribution in [0.4, 0.5) is 0 Å². The van der Waals surface area contributed by atoms with E-state index in [1.54, 1.807) is 18.6 Å². The summed E-state index contributed by atoms with van der Waals surface area (Å²) in [7, 11) is 0. The van der Waals surface area contributed by atoms with Gasteiger partial charge in [0.25, 0.3) is 0 Å². The third kappa shape index (κ3) is 2.57. The number of hydrogen-bond acceptors (Lipinski definition) is 5. The van der Waals surface area contributed by atoms with Gasteiger partial charge in [0.05, 0.1) is 18.3 Å². The second-order valence-electron chi connectivity index (χ2n) is 3.95. The molecule has 2 heterocycles. The molecule has 0 radical (unpaired) electrons. The number of aliphatic hydroxyl groups is 1. The molecule has 3 aromatic rings. The summed E-state index contributed by atoms with van der Waals surface area (Å²) in [4.78, 5) is 12.8. The van der Waals surface area contributed by atoms with Crippen molar-refractivity contribution in [1.29, 1.82) is 0 Å². The van der Waals surface area contributed by atoms with Crippen molar-refractivity contribution in [2.45, 2.75) is 16.7 Å². The second kappa shape index (κ2) is 5.34. The zero-order chi connectivity index (χ0) is 13.1. The lowest BCUT2D eigenvalue weighted by atomic mass is 10.2. The van der Waals surface area contributed by atoms with Crippen LogP contribution in [0.2, 0.25) is 0 Å². The topological polar surface area (TPSA) is 58.9 Å². The van der Waals surface area contributed by atoms with Crippen LogP contribution in [0.25, 0.3) is 10.9 Å². The summed E-state index contributed by atoms with van der Waals surface area (Å²) < 4.78 is 0. The number of nitrogens with zero attached hydrogens (tertiary/aromatic N) is 3. The molecule has 94 valence electrons. The molecule has 0 aliphatic rings. The van der Waals surface area contributed by atoms with Crippen molar-refractivity contribution in [1.82, 2.24) is 15.0 Å². The van der Waals surface area contributed by atoms with Gasteiger partial charge in [0.2, 0.25) is 0 Å². The standard InChI is InChI=1S/C14H11N3OS/c18-9-11-7-10-3-1-2-4-12(10)17-14(11)19-13-8-15-5-6-16-13/h1-8,18H,9H2. The van der Waals surface area contributed by atoms with Crippen molar-refractivity contribution in [3.05, 3.63) is 54.5 Å². The maximum absolute atomic E-state index is 9.47. The van der Waals surface area contributed by atoms with E-state index in [4.69, 9.17) is 0 Å². The van der Waals surface area contributed by atoms with E-state index in [2.05, 4.69) is 15.0 Å². The first-order valence-electron chi connectivity index (χ1n) is 5.80. The molecule has 0 fully saturated rings. The molecule has 1 N–H and O–H groups in total. The van der Waals surface area contributed by atoms with Gasteiger partial charge in [-0.05, 0) is 23.9 Å². The van der Waals surface area contributed by atoms with E-state index in [1.165, 1.54) is 11.8 Å². The zero-order valence-corrected chi connectivity index (χ0v) is 10.8. The van der Waals surface area contributed by atoms with Gasteiger partial charge in [-0.3, -0.25) is 4.98 Å². The molecule has 0 atom stereocenters. The first-order valence-corrected chi connectivity index (χ1v) is 6.62. The first-order chi connectivity index (χ1) is 9.36. The van der Waals surface area contributed by atoms with Gasteiger partial charge >= 0.3 is 0 Å². The number of para-hydroxylation sites is 1. The van der Waals surface area contributed by atoms with Crippen LogP contribution in [0, 0.1) is 0 Å². The van der Waals surface area contributed by atoms with E-state index >= 15 is 0 Å². The monoisotopic (exact) mass is 269 g/mol. The highest BCUT2D eigenvalue weighted by Gasteiger charge is 2.08. The molecule has 0 amide bonds. The van der Waals surface area contributed by atoms with Gasteiger partial charge in [-0.15, -0.1) is 0 Å². The Kier molecular flexibility index (Phi) is 3.39. The van der Waals surface area contributed by atoms with E-state index in [1.807, 2.05) is 30.3 Å². The lowest BCUT2D eigenvalue weighted by Crippen LogP contribution is -1.93. The highest BCUT2D eigenvalue weighted by molar-refractivity contribution is 7.99. The number of pyridine rings is 1. The molecule has 0 aliphatic heterocycles. The van der Waals surface area contributed by atoms with Crippen LogP contribution >= 0.6 is 11.8 Å². The summed E-state index contributed by atoms with van der Waals surface area (Å²) >= 11 is 1.41. The zero-order valence-electron chi connectivity index (χ0n) is 10.0. The van der Waals surface area contributed by atoms with Crippen LogP contribution in [0.15, 0.2) is 59.0 Å². The average Bonchev–Trinajstić information content (AvgIpc) is 2.47. The third-order valence-corrected chi connectivity index (χ3v) is 3.64. The Morgan fingerprint density at radius 3 is 2.84 bits per heavy atom. The summed E-state index contributed by atoms with van der Waals surface area (Å²) in [5.74, 6) is 0. The van der Waals surface area contributed by atoms with Gasteiger partial charge in [-0.2, -0.15) is 0 Å². The Hall–Kier alpha value is -1.98. The summed E-state index contributed by atoms with van der Waals surface area (Å²) in [6.07, 6.45) is 4.95. The van der Waals surface area contributed by atoms with Crippen LogP contribution in [0.3, 0.4) is 0 Å². The number of hydrogen-bond donors (Lipinski definition) is 1. The first kappa shape index (κ1) is 12.1. The number of benzene rings is 1. The molecule has 0 aliphatic carbocycles. The van der Waals surface area contributed by atoms with Gasteiger partial charge in [0.1, 0.15) is 10.1 Å². The van der Waals surface area contributed by atoms with Crippen molar-refractivity contribution >= 4 is 22.7 Å². The van der Waals surface area contributed by atoms with Crippen LogP contribution in [-0.4, -0.2) is 20.1 Å².